The van der Waals surface area contributed by atoms with E-state index in [1.807, 2.05) is 37.3 Å². The average Bonchev–Trinajstić information content (AvgIpc) is 2.19. The highest BCUT2D eigenvalue weighted by Gasteiger charge is 2.02. The maximum Gasteiger partial charge on any atom is 0.411 e. The second kappa shape index (κ2) is 4.46. The van der Waals surface area contributed by atoms with Gasteiger partial charge in [-0.1, -0.05) is 30.3 Å². The van der Waals surface area contributed by atoms with Crippen LogP contribution < -0.4 is 0 Å². The lowest BCUT2D eigenvalue weighted by molar-refractivity contribution is 0.170. The molecule has 1 aromatic rings. The minimum Gasteiger partial charge on any atom is -0.465 e. The Morgan fingerprint density at radius 1 is 1.36 bits per heavy atom. The van der Waals surface area contributed by atoms with Crippen molar-refractivity contribution in [1.82, 2.24) is 4.90 Å². The highest BCUT2D eigenvalue weighted by molar-refractivity contribution is 5.71. The molecule has 0 saturated heterocycles. The van der Waals surface area contributed by atoms with Crippen molar-refractivity contribution in [2.24, 2.45) is 0 Å². The molecule has 0 aromatic heterocycles. The van der Waals surface area contributed by atoms with Crippen LogP contribution in [0.1, 0.15) is 12.5 Å². The van der Waals surface area contributed by atoms with E-state index >= 15 is 0 Å². The van der Waals surface area contributed by atoms with E-state index in [2.05, 4.69) is 0 Å². The lowest BCUT2D eigenvalue weighted by Crippen LogP contribution is -2.18. The van der Waals surface area contributed by atoms with Gasteiger partial charge >= 0.3 is 6.09 Å². The number of hydrogen-bond acceptors (Lipinski definition) is 1. The first-order valence-corrected chi connectivity index (χ1v) is 4.31. The molecule has 3 heteroatoms. The Kier molecular flexibility index (Phi) is 3.29. The molecule has 0 spiro atoms. The molecular formula is C11H13NO2. The zero-order valence-electron chi connectivity index (χ0n) is 8.27. The van der Waals surface area contributed by atoms with Crippen LogP contribution >= 0.6 is 0 Å². The highest BCUT2D eigenvalue weighted by atomic mass is 16.4. The quantitative estimate of drug-likeness (QED) is 0.780. The second-order valence-corrected chi connectivity index (χ2v) is 3.07. The predicted octanol–water partition coefficient (Wildman–Crippen LogP) is 2.66. The summed E-state index contributed by atoms with van der Waals surface area (Å²) in [4.78, 5) is 11.7. The van der Waals surface area contributed by atoms with Gasteiger partial charge in [0.1, 0.15) is 0 Å². The van der Waals surface area contributed by atoms with Gasteiger partial charge in [-0.3, -0.25) is 4.90 Å². The Bertz CT molecular complexity index is 344. The molecular weight excluding hydrogens is 178 g/mol. The summed E-state index contributed by atoms with van der Waals surface area (Å²) in [5, 5.41) is 8.66. The lowest BCUT2D eigenvalue weighted by atomic mass is 10.1. The Labute approximate surface area is 83.3 Å². The van der Waals surface area contributed by atoms with Crippen LogP contribution in [0.15, 0.2) is 36.5 Å². The van der Waals surface area contributed by atoms with Crippen LogP contribution in [-0.4, -0.2) is 23.1 Å². The van der Waals surface area contributed by atoms with Crippen LogP contribution in [0.4, 0.5) is 4.79 Å². The van der Waals surface area contributed by atoms with Crippen LogP contribution in [0.2, 0.25) is 0 Å². The number of hydrogen-bond donors (Lipinski definition) is 1. The van der Waals surface area contributed by atoms with E-state index in [0.717, 1.165) is 16.0 Å². The molecule has 74 valence electrons. The Morgan fingerprint density at radius 3 is 2.43 bits per heavy atom. The highest BCUT2D eigenvalue weighted by Crippen LogP contribution is 2.12. The molecule has 3 nitrogen and oxygen atoms in total. The fraction of sp³-hybridized carbons (Fsp3) is 0.182. The van der Waals surface area contributed by atoms with Gasteiger partial charge in [0, 0.05) is 13.2 Å². The molecule has 0 aliphatic rings. The molecule has 1 N–H and O–H groups in total. The first kappa shape index (κ1) is 10.3. The van der Waals surface area contributed by atoms with E-state index in [0.29, 0.717) is 0 Å². The molecule has 0 unspecified atom stereocenters. The van der Waals surface area contributed by atoms with Gasteiger partial charge in [0.05, 0.1) is 0 Å². The fourth-order valence-corrected chi connectivity index (χ4v) is 1.12. The summed E-state index contributed by atoms with van der Waals surface area (Å²) in [6, 6.07) is 9.67. The minimum atomic E-state index is -0.958. The molecule has 0 radical (unpaired) electrons. The minimum absolute atomic E-state index is 0.926. The van der Waals surface area contributed by atoms with E-state index in [1.54, 1.807) is 6.20 Å². The summed E-state index contributed by atoms with van der Waals surface area (Å²) in [7, 11) is 1.51. The average molecular weight is 191 g/mol. The molecule has 0 atom stereocenters. The number of amides is 1. The van der Waals surface area contributed by atoms with Gasteiger partial charge in [0.25, 0.3) is 0 Å². The molecule has 0 heterocycles. The molecule has 0 saturated carbocycles. The van der Waals surface area contributed by atoms with Gasteiger partial charge in [-0.25, -0.2) is 4.79 Å². The van der Waals surface area contributed by atoms with E-state index in [4.69, 9.17) is 5.11 Å². The maximum atomic E-state index is 10.5. The van der Waals surface area contributed by atoms with Crippen LogP contribution in [0.5, 0.6) is 0 Å². The van der Waals surface area contributed by atoms with Gasteiger partial charge < -0.3 is 5.11 Å². The van der Waals surface area contributed by atoms with Crippen LogP contribution in [0.25, 0.3) is 5.57 Å². The summed E-state index contributed by atoms with van der Waals surface area (Å²) in [6.45, 7) is 1.88. The van der Waals surface area contributed by atoms with Crippen LogP contribution in [0, 0.1) is 0 Å². The van der Waals surface area contributed by atoms with Crippen molar-refractivity contribution in [3.8, 4) is 0 Å². The molecule has 0 bridgehead atoms. The van der Waals surface area contributed by atoms with Crippen molar-refractivity contribution < 1.29 is 9.90 Å². The largest absolute Gasteiger partial charge is 0.465 e. The van der Waals surface area contributed by atoms with E-state index in [9.17, 15) is 4.79 Å². The topological polar surface area (TPSA) is 40.5 Å². The van der Waals surface area contributed by atoms with Gasteiger partial charge in [0.15, 0.2) is 0 Å². The molecule has 0 aliphatic heterocycles. The van der Waals surface area contributed by atoms with Crippen molar-refractivity contribution in [1.29, 1.82) is 0 Å². The first-order valence-electron chi connectivity index (χ1n) is 4.31. The SMILES string of the molecule is CC(=CN(C)C(=O)O)c1ccccc1. The lowest BCUT2D eigenvalue weighted by Gasteiger charge is -2.09. The van der Waals surface area contributed by atoms with Crippen LogP contribution in [0.3, 0.4) is 0 Å². The normalized spacial score (nSPS) is 11.1. The zero-order chi connectivity index (χ0) is 10.6. The zero-order valence-corrected chi connectivity index (χ0v) is 8.27. The van der Waals surface area contributed by atoms with Crippen molar-refractivity contribution in [3.05, 3.63) is 42.1 Å². The third-order valence-electron chi connectivity index (χ3n) is 1.92. The smallest absolute Gasteiger partial charge is 0.411 e. The third-order valence-corrected chi connectivity index (χ3v) is 1.92. The number of benzene rings is 1. The Balaban J connectivity index is 2.85. The molecule has 1 aromatic carbocycles. The van der Waals surface area contributed by atoms with E-state index in [-0.39, 0.29) is 0 Å². The van der Waals surface area contributed by atoms with Gasteiger partial charge in [-0.15, -0.1) is 0 Å². The van der Waals surface area contributed by atoms with Crippen molar-refractivity contribution in [2.45, 2.75) is 6.92 Å². The number of carboxylic acid groups (broad SMARTS) is 1. The predicted molar refractivity (Wildman–Crippen MR) is 55.9 cm³/mol. The monoisotopic (exact) mass is 191 g/mol. The van der Waals surface area contributed by atoms with E-state index < -0.39 is 6.09 Å². The summed E-state index contributed by atoms with van der Waals surface area (Å²) < 4.78 is 0. The van der Waals surface area contributed by atoms with Gasteiger partial charge in [-0.2, -0.15) is 0 Å². The maximum absolute atomic E-state index is 10.5. The molecule has 1 rings (SSSR count). The number of rotatable bonds is 2. The summed E-state index contributed by atoms with van der Waals surface area (Å²) in [5.74, 6) is 0. The molecule has 1 amide bonds. The van der Waals surface area contributed by atoms with Gasteiger partial charge in [-0.05, 0) is 18.1 Å². The van der Waals surface area contributed by atoms with Crippen LogP contribution in [-0.2, 0) is 0 Å². The number of allylic oxidation sites excluding steroid dienone is 1. The van der Waals surface area contributed by atoms with E-state index in [1.165, 1.54) is 7.05 Å². The first-order chi connectivity index (χ1) is 6.61. The third kappa shape index (κ3) is 2.62. The molecule has 0 fully saturated rings. The Morgan fingerprint density at radius 2 is 1.93 bits per heavy atom. The van der Waals surface area contributed by atoms with Gasteiger partial charge in [0.2, 0.25) is 0 Å². The summed E-state index contributed by atoms with van der Waals surface area (Å²) in [6.07, 6.45) is 0.637. The molecule has 14 heavy (non-hydrogen) atoms. The van der Waals surface area contributed by atoms with Crippen molar-refractivity contribution in [2.75, 3.05) is 7.05 Å². The number of nitrogens with zero attached hydrogens (tertiary/aromatic N) is 1. The van der Waals surface area contributed by atoms with Crippen molar-refractivity contribution in [3.63, 3.8) is 0 Å². The standard InChI is InChI=1S/C11H13NO2/c1-9(8-12(2)11(13)14)10-6-4-3-5-7-10/h3-8H,1-2H3,(H,13,14). The molecule has 0 aliphatic carbocycles. The Hall–Kier alpha value is -1.77. The summed E-state index contributed by atoms with van der Waals surface area (Å²) >= 11 is 0. The fourth-order valence-electron chi connectivity index (χ4n) is 1.12. The summed E-state index contributed by atoms with van der Waals surface area (Å²) in [5.41, 5.74) is 1.95. The second-order valence-electron chi connectivity index (χ2n) is 3.07. The van der Waals surface area contributed by atoms with Crippen molar-refractivity contribution >= 4 is 11.7 Å². The number of carbonyl (C=O) groups is 1.